The molecule has 1 aromatic rings. The van der Waals surface area contributed by atoms with E-state index in [9.17, 15) is 4.79 Å². The first-order valence-electron chi connectivity index (χ1n) is 4.12. The van der Waals surface area contributed by atoms with Gasteiger partial charge in [0.25, 0.3) is 0 Å². The van der Waals surface area contributed by atoms with Crippen molar-refractivity contribution in [2.75, 3.05) is 5.73 Å². The number of nitrogen functional groups attached to an aromatic ring is 1. The van der Waals surface area contributed by atoms with E-state index in [2.05, 4.69) is 0 Å². The monoisotopic (exact) mass is 197 g/mol. The molecule has 3 heteroatoms. The molecule has 70 valence electrons. The molecule has 0 fully saturated rings. The highest BCUT2D eigenvalue weighted by Gasteiger charge is 2.03. The molecule has 0 aliphatic carbocycles. The quantitative estimate of drug-likeness (QED) is 0.597. The Morgan fingerprint density at radius 3 is 2.85 bits per heavy atom. The zero-order valence-electron chi connectivity index (χ0n) is 7.46. The first-order valence-corrected chi connectivity index (χ1v) is 4.50. The summed E-state index contributed by atoms with van der Waals surface area (Å²) < 4.78 is 0. The van der Waals surface area contributed by atoms with Crippen LogP contribution in [0.25, 0.3) is 0 Å². The van der Waals surface area contributed by atoms with Gasteiger partial charge in [0.05, 0.1) is 10.7 Å². The molecule has 0 spiro atoms. The molecule has 0 bridgehead atoms. The minimum atomic E-state index is 0.0275. The minimum Gasteiger partial charge on any atom is -0.398 e. The SMILES string of the molecule is CC(C=O)Cc1ccc(N)c(Cl)c1. The van der Waals surface area contributed by atoms with Crippen molar-refractivity contribution in [3.05, 3.63) is 28.8 Å². The van der Waals surface area contributed by atoms with Gasteiger partial charge in [0.1, 0.15) is 6.29 Å². The Morgan fingerprint density at radius 2 is 2.31 bits per heavy atom. The number of carbonyl (C=O) groups excluding carboxylic acids is 1. The summed E-state index contributed by atoms with van der Waals surface area (Å²) in [6.07, 6.45) is 1.65. The second-order valence-corrected chi connectivity index (χ2v) is 3.58. The van der Waals surface area contributed by atoms with Crippen LogP contribution in [0.1, 0.15) is 12.5 Å². The number of halogens is 1. The second-order valence-electron chi connectivity index (χ2n) is 3.17. The van der Waals surface area contributed by atoms with Crippen LogP contribution >= 0.6 is 11.6 Å². The number of carbonyl (C=O) groups is 1. The number of anilines is 1. The van der Waals surface area contributed by atoms with Crippen LogP contribution in [0.15, 0.2) is 18.2 Å². The number of hydrogen-bond acceptors (Lipinski definition) is 2. The van der Waals surface area contributed by atoms with E-state index in [1.165, 1.54) is 0 Å². The highest BCUT2D eigenvalue weighted by molar-refractivity contribution is 6.33. The third-order valence-corrected chi connectivity index (χ3v) is 2.18. The highest BCUT2D eigenvalue weighted by atomic mass is 35.5. The first-order chi connectivity index (χ1) is 6.13. The molecular weight excluding hydrogens is 186 g/mol. The number of hydrogen-bond donors (Lipinski definition) is 1. The van der Waals surface area contributed by atoms with Crippen molar-refractivity contribution in [3.63, 3.8) is 0 Å². The van der Waals surface area contributed by atoms with Crippen LogP contribution in [-0.4, -0.2) is 6.29 Å². The smallest absolute Gasteiger partial charge is 0.123 e. The van der Waals surface area contributed by atoms with E-state index in [0.29, 0.717) is 17.1 Å². The third kappa shape index (κ3) is 2.74. The van der Waals surface area contributed by atoms with Crippen molar-refractivity contribution in [1.29, 1.82) is 0 Å². The van der Waals surface area contributed by atoms with Gasteiger partial charge in [-0.05, 0) is 24.1 Å². The molecule has 0 amide bonds. The molecule has 0 radical (unpaired) electrons. The van der Waals surface area contributed by atoms with E-state index < -0.39 is 0 Å². The average molecular weight is 198 g/mol. The van der Waals surface area contributed by atoms with E-state index in [-0.39, 0.29) is 5.92 Å². The van der Waals surface area contributed by atoms with E-state index in [0.717, 1.165) is 11.8 Å². The summed E-state index contributed by atoms with van der Waals surface area (Å²) in [5.41, 5.74) is 7.16. The van der Waals surface area contributed by atoms with Gasteiger partial charge in [0.2, 0.25) is 0 Å². The lowest BCUT2D eigenvalue weighted by Gasteiger charge is -2.05. The first kappa shape index (κ1) is 10.1. The molecule has 2 N–H and O–H groups in total. The van der Waals surface area contributed by atoms with Crippen LogP contribution < -0.4 is 5.73 Å². The fourth-order valence-electron chi connectivity index (χ4n) is 1.12. The zero-order valence-corrected chi connectivity index (χ0v) is 8.21. The van der Waals surface area contributed by atoms with Gasteiger partial charge in [-0.15, -0.1) is 0 Å². The highest BCUT2D eigenvalue weighted by Crippen LogP contribution is 2.20. The zero-order chi connectivity index (χ0) is 9.84. The summed E-state index contributed by atoms with van der Waals surface area (Å²) in [4.78, 5) is 10.4. The van der Waals surface area contributed by atoms with Crippen molar-refractivity contribution in [1.82, 2.24) is 0 Å². The molecule has 1 unspecified atom stereocenters. The van der Waals surface area contributed by atoms with Crippen LogP contribution in [0, 0.1) is 5.92 Å². The molecular formula is C10H12ClNO. The van der Waals surface area contributed by atoms with Gasteiger partial charge in [-0.2, -0.15) is 0 Å². The maximum atomic E-state index is 10.4. The van der Waals surface area contributed by atoms with Crippen LogP contribution in [0.5, 0.6) is 0 Å². The lowest BCUT2D eigenvalue weighted by molar-refractivity contribution is -0.110. The maximum absolute atomic E-state index is 10.4. The Hall–Kier alpha value is -1.02. The molecule has 1 aromatic carbocycles. The maximum Gasteiger partial charge on any atom is 0.123 e. The largest absolute Gasteiger partial charge is 0.398 e. The van der Waals surface area contributed by atoms with E-state index in [1.54, 1.807) is 12.1 Å². The van der Waals surface area contributed by atoms with Crippen LogP contribution in [0.2, 0.25) is 5.02 Å². The standard InChI is InChI=1S/C10H12ClNO/c1-7(6-13)4-8-2-3-10(12)9(11)5-8/h2-3,5-7H,4,12H2,1H3. The second kappa shape index (κ2) is 4.28. The Kier molecular flexibility index (Phi) is 3.32. The molecule has 0 aliphatic rings. The van der Waals surface area contributed by atoms with Gasteiger partial charge < -0.3 is 10.5 Å². The van der Waals surface area contributed by atoms with Gasteiger partial charge in [0, 0.05) is 5.92 Å². The molecule has 0 saturated heterocycles. The molecule has 13 heavy (non-hydrogen) atoms. The summed E-state index contributed by atoms with van der Waals surface area (Å²) >= 11 is 5.83. The normalized spacial score (nSPS) is 12.5. The molecule has 0 saturated carbocycles. The van der Waals surface area contributed by atoms with Crippen LogP contribution in [0.3, 0.4) is 0 Å². The Labute approximate surface area is 82.7 Å². The van der Waals surface area contributed by atoms with E-state index in [1.807, 2.05) is 13.0 Å². The number of aldehydes is 1. The topological polar surface area (TPSA) is 43.1 Å². The average Bonchev–Trinajstić information content (AvgIpc) is 2.11. The summed E-state index contributed by atoms with van der Waals surface area (Å²) in [5, 5.41) is 0.551. The Bertz CT molecular complexity index is 312. The van der Waals surface area contributed by atoms with Crippen molar-refractivity contribution >= 4 is 23.6 Å². The fraction of sp³-hybridized carbons (Fsp3) is 0.300. The lowest BCUT2D eigenvalue weighted by atomic mass is 10.0. The van der Waals surface area contributed by atoms with Crippen molar-refractivity contribution in [2.45, 2.75) is 13.3 Å². The van der Waals surface area contributed by atoms with Gasteiger partial charge in [-0.25, -0.2) is 0 Å². The summed E-state index contributed by atoms with van der Waals surface area (Å²) in [5.74, 6) is 0.0275. The predicted molar refractivity (Wildman–Crippen MR) is 54.8 cm³/mol. The van der Waals surface area contributed by atoms with Crippen molar-refractivity contribution < 1.29 is 4.79 Å². The molecule has 1 rings (SSSR count). The fourth-order valence-corrected chi connectivity index (χ4v) is 1.32. The van der Waals surface area contributed by atoms with Crippen molar-refractivity contribution in [3.8, 4) is 0 Å². The van der Waals surface area contributed by atoms with Crippen LogP contribution in [0.4, 0.5) is 5.69 Å². The third-order valence-electron chi connectivity index (χ3n) is 1.85. The Morgan fingerprint density at radius 1 is 1.62 bits per heavy atom. The minimum absolute atomic E-state index is 0.0275. The summed E-state index contributed by atoms with van der Waals surface area (Å²) in [7, 11) is 0. The van der Waals surface area contributed by atoms with Crippen LogP contribution in [-0.2, 0) is 11.2 Å². The van der Waals surface area contributed by atoms with Gasteiger partial charge >= 0.3 is 0 Å². The molecule has 1 atom stereocenters. The van der Waals surface area contributed by atoms with E-state index >= 15 is 0 Å². The van der Waals surface area contributed by atoms with Gasteiger partial charge in [0.15, 0.2) is 0 Å². The van der Waals surface area contributed by atoms with Gasteiger partial charge in [-0.3, -0.25) is 0 Å². The number of rotatable bonds is 3. The summed E-state index contributed by atoms with van der Waals surface area (Å²) in [6, 6.07) is 5.45. The molecule has 0 heterocycles. The predicted octanol–water partition coefficient (Wildman–Crippen LogP) is 2.30. The van der Waals surface area contributed by atoms with Gasteiger partial charge in [-0.1, -0.05) is 24.6 Å². The Balaban J connectivity index is 2.79. The molecule has 0 aromatic heterocycles. The van der Waals surface area contributed by atoms with Crippen molar-refractivity contribution in [2.24, 2.45) is 5.92 Å². The summed E-state index contributed by atoms with van der Waals surface area (Å²) in [6.45, 7) is 1.87. The van der Waals surface area contributed by atoms with E-state index in [4.69, 9.17) is 17.3 Å². The lowest BCUT2D eigenvalue weighted by Crippen LogP contribution is -2.00. The number of nitrogens with two attached hydrogens (primary N) is 1. The molecule has 2 nitrogen and oxygen atoms in total. The number of benzene rings is 1. The molecule has 0 aliphatic heterocycles.